The number of nitrogens with one attached hydrogen (secondary N) is 1. The monoisotopic (exact) mass is 280 g/mol. The summed E-state index contributed by atoms with van der Waals surface area (Å²) in [6.45, 7) is 10.9. The van der Waals surface area contributed by atoms with Crippen LogP contribution >= 0.6 is 0 Å². The van der Waals surface area contributed by atoms with Crippen molar-refractivity contribution in [3.05, 3.63) is 0 Å². The van der Waals surface area contributed by atoms with Gasteiger partial charge in [0.2, 0.25) is 0 Å². The van der Waals surface area contributed by atoms with E-state index in [1.807, 2.05) is 0 Å². The summed E-state index contributed by atoms with van der Waals surface area (Å²) in [6.07, 6.45) is 12.7. The van der Waals surface area contributed by atoms with Gasteiger partial charge in [-0.1, -0.05) is 52.9 Å². The van der Waals surface area contributed by atoms with E-state index < -0.39 is 0 Å². The van der Waals surface area contributed by atoms with Crippen molar-refractivity contribution in [1.82, 2.24) is 10.2 Å². The molecule has 0 bridgehead atoms. The summed E-state index contributed by atoms with van der Waals surface area (Å²) in [5.41, 5.74) is 0.662. The molecule has 2 heteroatoms. The molecule has 1 saturated heterocycles. The topological polar surface area (TPSA) is 15.3 Å². The summed E-state index contributed by atoms with van der Waals surface area (Å²) in [5.74, 6) is 0. The van der Waals surface area contributed by atoms with E-state index in [0.717, 1.165) is 18.6 Å². The molecule has 1 aliphatic carbocycles. The standard InChI is InChI=1S/C18H36N2/c1-4-18(5-2)12-14-20(15-13-18)17-11-9-7-8-10-16(17)19-6-3/h16-17,19H,4-15H2,1-3H3. The fraction of sp³-hybridized carbons (Fsp3) is 1.00. The first-order valence-electron chi connectivity index (χ1n) is 9.22. The van der Waals surface area contributed by atoms with E-state index >= 15 is 0 Å². The smallest absolute Gasteiger partial charge is 0.0249 e. The Bertz CT molecular complexity index is 263. The van der Waals surface area contributed by atoms with Gasteiger partial charge in [0.1, 0.15) is 0 Å². The van der Waals surface area contributed by atoms with Crippen LogP contribution in [-0.4, -0.2) is 36.6 Å². The molecule has 2 atom stereocenters. The molecule has 118 valence electrons. The molecule has 1 aliphatic heterocycles. The molecule has 0 spiro atoms. The Morgan fingerprint density at radius 3 is 2.20 bits per heavy atom. The minimum absolute atomic E-state index is 0.662. The molecule has 0 amide bonds. The van der Waals surface area contributed by atoms with E-state index in [2.05, 4.69) is 31.0 Å². The van der Waals surface area contributed by atoms with Gasteiger partial charge in [-0.25, -0.2) is 0 Å². The SMILES string of the molecule is CCNC1CCCCCC1N1CCC(CC)(CC)CC1. The van der Waals surface area contributed by atoms with Gasteiger partial charge < -0.3 is 5.32 Å². The van der Waals surface area contributed by atoms with Crippen molar-refractivity contribution in [2.75, 3.05) is 19.6 Å². The number of rotatable bonds is 5. The average molecular weight is 281 g/mol. The van der Waals surface area contributed by atoms with Crippen LogP contribution in [0.5, 0.6) is 0 Å². The zero-order valence-corrected chi connectivity index (χ0v) is 14.1. The van der Waals surface area contributed by atoms with E-state index in [-0.39, 0.29) is 0 Å². The van der Waals surface area contributed by atoms with Crippen LogP contribution in [0.2, 0.25) is 0 Å². The largest absolute Gasteiger partial charge is 0.313 e. The van der Waals surface area contributed by atoms with Crippen LogP contribution in [0.25, 0.3) is 0 Å². The van der Waals surface area contributed by atoms with Crippen molar-refractivity contribution in [3.8, 4) is 0 Å². The highest BCUT2D eigenvalue weighted by Gasteiger charge is 2.36. The van der Waals surface area contributed by atoms with Gasteiger partial charge in [0.25, 0.3) is 0 Å². The van der Waals surface area contributed by atoms with Crippen molar-refractivity contribution in [2.24, 2.45) is 5.41 Å². The first kappa shape index (κ1) is 16.3. The molecule has 1 N–H and O–H groups in total. The van der Waals surface area contributed by atoms with E-state index in [1.54, 1.807) is 0 Å². The summed E-state index contributed by atoms with van der Waals surface area (Å²) >= 11 is 0. The molecule has 2 fully saturated rings. The molecule has 2 unspecified atom stereocenters. The van der Waals surface area contributed by atoms with Crippen molar-refractivity contribution in [1.29, 1.82) is 0 Å². The Hall–Kier alpha value is -0.0800. The van der Waals surface area contributed by atoms with Crippen molar-refractivity contribution < 1.29 is 0 Å². The van der Waals surface area contributed by atoms with Crippen LogP contribution < -0.4 is 5.32 Å². The van der Waals surface area contributed by atoms with Crippen LogP contribution in [0.1, 0.15) is 78.6 Å². The number of piperidine rings is 1. The molecule has 1 saturated carbocycles. The van der Waals surface area contributed by atoms with E-state index in [9.17, 15) is 0 Å². The van der Waals surface area contributed by atoms with Gasteiger partial charge in [0, 0.05) is 12.1 Å². The molecular formula is C18H36N2. The van der Waals surface area contributed by atoms with Crippen LogP contribution in [0, 0.1) is 5.41 Å². The van der Waals surface area contributed by atoms with Gasteiger partial charge in [-0.15, -0.1) is 0 Å². The van der Waals surface area contributed by atoms with Crippen LogP contribution in [0.15, 0.2) is 0 Å². The number of likely N-dealkylation sites (N-methyl/N-ethyl adjacent to an activating group) is 1. The maximum Gasteiger partial charge on any atom is 0.0249 e. The molecule has 0 aromatic carbocycles. The minimum Gasteiger partial charge on any atom is -0.313 e. The summed E-state index contributed by atoms with van der Waals surface area (Å²) < 4.78 is 0. The second-order valence-corrected chi connectivity index (χ2v) is 7.11. The lowest BCUT2D eigenvalue weighted by Crippen LogP contribution is -2.53. The van der Waals surface area contributed by atoms with Gasteiger partial charge >= 0.3 is 0 Å². The normalized spacial score (nSPS) is 31.9. The lowest BCUT2D eigenvalue weighted by Gasteiger charge is -2.46. The number of likely N-dealkylation sites (tertiary alicyclic amines) is 1. The molecule has 1 heterocycles. The van der Waals surface area contributed by atoms with Gasteiger partial charge in [0.05, 0.1) is 0 Å². The highest BCUT2D eigenvalue weighted by molar-refractivity contribution is 4.92. The lowest BCUT2D eigenvalue weighted by atomic mass is 9.73. The van der Waals surface area contributed by atoms with Crippen LogP contribution in [-0.2, 0) is 0 Å². The van der Waals surface area contributed by atoms with E-state index in [1.165, 1.54) is 70.9 Å². The van der Waals surface area contributed by atoms with Crippen molar-refractivity contribution >= 4 is 0 Å². The number of hydrogen-bond donors (Lipinski definition) is 1. The van der Waals surface area contributed by atoms with Gasteiger partial charge in [0.15, 0.2) is 0 Å². The Balaban J connectivity index is 1.95. The van der Waals surface area contributed by atoms with Crippen molar-refractivity contribution in [2.45, 2.75) is 90.6 Å². The van der Waals surface area contributed by atoms with E-state index in [0.29, 0.717) is 5.41 Å². The molecule has 2 rings (SSSR count). The third-order valence-corrected chi connectivity index (χ3v) is 6.27. The third-order valence-electron chi connectivity index (χ3n) is 6.27. The molecule has 20 heavy (non-hydrogen) atoms. The maximum absolute atomic E-state index is 3.78. The summed E-state index contributed by atoms with van der Waals surface area (Å²) in [6, 6.07) is 1.56. The summed E-state index contributed by atoms with van der Waals surface area (Å²) in [5, 5.41) is 3.78. The highest BCUT2D eigenvalue weighted by Crippen LogP contribution is 2.39. The Labute approximate surface area is 126 Å². The molecule has 2 aliphatic rings. The second-order valence-electron chi connectivity index (χ2n) is 7.11. The van der Waals surface area contributed by atoms with Gasteiger partial charge in [-0.05, 0) is 50.7 Å². The molecule has 2 nitrogen and oxygen atoms in total. The summed E-state index contributed by atoms with van der Waals surface area (Å²) in [7, 11) is 0. The minimum atomic E-state index is 0.662. The Morgan fingerprint density at radius 1 is 0.950 bits per heavy atom. The predicted octanol–water partition coefficient (Wildman–Crippen LogP) is 4.20. The molecular weight excluding hydrogens is 244 g/mol. The molecule has 0 aromatic rings. The molecule has 0 aromatic heterocycles. The van der Waals surface area contributed by atoms with Crippen LogP contribution in [0.3, 0.4) is 0 Å². The highest BCUT2D eigenvalue weighted by atomic mass is 15.2. The predicted molar refractivity (Wildman–Crippen MR) is 88.2 cm³/mol. The average Bonchev–Trinajstić information content (AvgIpc) is 2.73. The van der Waals surface area contributed by atoms with Gasteiger partial charge in [-0.2, -0.15) is 0 Å². The zero-order chi connectivity index (χ0) is 14.4. The summed E-state index contributed by atoms with van der Waals surface area (Å²) in [4.78, 5) is 2.84. The number of hydrogen-bond acceptors (Lipinski definition) is 2. The Morgan fingerprint density at radius 2 is 1.60 bits per heavy atom. The number of nitrogens with zero attached hydrogens (tertiary/aromatic N) is 1. The first-order chi connectivity index (χ1) is 9.74. The first-order valence-corrected chi connectivity index (χ1v) is 9.22. The quantitative estimate of drug-likeness (QED) is 0.759. The van der Waals surface area contributed by atoms with Crippen LogP contribution in [0.4, 0.5) is 0 Å². The lowest BCUT2D eigenvalue weighted by molar-refractivity contribution is 0.0500. The van der Waals surface area contributed by atoms with Gasteiger partial charge in [-0.3, -0.25) is 4.90 Å². The van der Waals surface area contributed by atoms with E-state index in [4.69, 9.17) is 0 Å². The third kappa shape index (κ3) is 3.76. The fourth-order valence-corrected chi connectivity index (χ4v) is 4.51. The van der Waals surface area contributed by atoms with Crippen molar-refractivity contribution in [3.63, 3.8) is 0 Å². The fourth-order valence-electron chi connectivity index (χ4n) is 4.51. The zero-order valence-electron chi connectivity index (χ0n) is 14.1. The maximum atomic E-state index is 3.78. The molecule has 0 radical (unpaired) electrons. The second kappa shape index (κ2) is 7.79. The Kier molecular flexibility index (Phi) is 6.35.